The van der Waals surface area contributed by atoms with E-state index in [4.69, 9.17) is 33.5 Å². The molecule has 6 aromatic carbocycles. The first-order valence-electron chi connectivity index (χ1n) is 21.3. The molecule has 0 aliphatic carbocycles. The van der Waals surface area contributed by atoms with Gasteiger partial charge in [-0.3, -0.25) is 23.0 Å². The molecule has 0 bridgehead atoms. The zero-order valence-corrected chi connectivity index (χ0v) is 45.7. The summed E-state index contributed by atoms with van der Waals surface area (Å²) in [6.07, 6.45) is 0. The van der Waals surface area contributed by atoms with Gasteiger partial charge < -0.3 is 20.3 Å². The van der Waals surface area contributed by atoms with E-state index in [-0.39, 0.29) is 90.0 Å². The summed E-state index contributed by atoms with van der Waals surface area (Å²) in [5.41, 5.74) is -0.736. The van der Waals surface area contributed by atoms with E-state index in [0.717, 1.165) is 31.2 Å². The number of nitrogens with zero attached hydrogens (tertiary/aromatic N) is 8. The molecule has 0 aliphatic heterocycles. The zero-order chi connectivity index (χ0) is 58.4. The molecular weight excluding hydrogens is 1190 g/mol. The Balaban J connectivity index is 0.00000243. The lowest BCUT2D eigenvalue weighted by Crippen LogP contribution is -2.21. The highest BCUT2D eigenvalue weighted by atomic mass is 35.5. The van der Waals surface area contributed by atoms with Crippen molar-refractivity contribution in [1.29, 1.82) is 0 Å². The van der Waals surface area contributed by atoms with Crippen molar-refractivity contribution < 1.29 is 86.6 Å². The Bertz CT molecular complexity index is 4360. The van der Waals surface area contributed by atoms with Gasteiger partial charge in [0, 0.05) is 41.4 Å². The van der Waals surface area contributed by atoms with Gasteiger partial charge in [0.15, 0.2) is 9.84 Å². The summed E-state index contributed by atoms with van der Waals surface area (Å²) >= 11 is 6.36. The SMILES string of the molecule is CCN(c1cccc(S(=O)(=O)CCOS(=O)(=O)O)c1)c1nc(Cl)nc(Nc2ccc(N=Nc3cc(NC(C)=O)c(N=Nc4cc5c(S(=O)(=O)O)cccc5cc4S(=O)(=O)O)cc3OC)c3cccc(S(=O)(=O)O)c23)n1.O=S(=O)=O. The highest BCUT2D eigenvalue weighted by Gasteiger charge is 2.25. The van der Waals surface area contributed by atoms with Crippen molar-refractivity contribution in [3.63, 3.8) is 0 Å². The lowest BCUT2D eigenvalue weighted by Gasteiger charge is -2.22. The van der Waals surface area contributed by atoms with Crippen LogP contribution in [0.5, 0.6) is 5.75 Å². The molecule has 1 amide bonds. The molecule has 6 N–H and O–H groups in total. The third-order valence-corrected chi connectivity index (χ3v) is 15.3. The summed E-state index contributed by atoms with van der Waals surface area (Å²) < 4.78 is 197. The molecular formula is C42H37ClN10O20S6. The molecule has 418 valence electrons. The first-order valence-corrected chi connectivity index (χ1v) is 30.1. The van der Waals surface area contributed by atoms with E-state index in [1.54, 1.807) is 6.92 Å². The second-order valence-electron chi connectivity index (χ2n) is 15.5. The van der Waals surface area contributed by atoms with E-state index in [9.17, 15) is 60.5 Å². The number of benzene rings is 6. The molecule has 0 saturated carbocycles. The number of hydrogen-bond acceptors (Lipinski definition) is 25. The number of fused-ring (bicyclic) bond motifs is 2. The highest BCUT2D eigenvalue weighted by molar-refractivity contribution is 7.91. The van der Waals surface area contributed by atoms with Gasteiger partial charge in [-0.25, -0.2) is 12.6 Å². The summed E-state index contributed by atoms with van der Waals surface area (Å²) in [5, 5.41) is 21.4. The number of aromatic nitrogens is 3. The predicted molar refractivity (Wildman–Crippen MR) is 279 cm³/mol. The van der Waals surface area contributed by atoms with Crippen LogP contribution in [0.1, 0.15) is 13.8 Å². The maximum absolute atomic E-state index is 13.0. The van der Waals surface area contributed by atoms with Gasteiger partial charge in [-0.15, -0.1) is 33.1 Å². The third-order valence-electron chi connectivity index (χ3n) is 10.3. The second kappa shape index (κ2) is 24.2. The number of amides is 1. The van der Waals surface area contributed by atoms with Crippen molar-refractivity contribution in [2.24, 2.45) is 20.5 Å². The van der Waals surface area contributed by atoms with Gasteiger partial charge in [-0.2, -0.15) is 48.6 Å². The Labute approximate surface area is 454 Å². The van der Waals surface area contributed by atoms with Crippen LogP contribution in [-0.4, -0.2) is 120 Å². The molecule has 79 heavy (non-hydrogen) atoms. The molecule has 7 rings (SSSR count). The van der Waals surface area contributed by atoms with Crippen molar-refractivity contribution >= 4 is 152 Å². The van der Waals surface area contributed by atoms with Crippen LogP contribution in [0, 0.1) is 0 Å². The van der Waals surface area contributed by atoms with Crippen LogP contribution in [0.3, 0.4) is 0 Å². The van der Waals surface area contributed by atoms with E-state index in [1.807, 2.05) is 0 Å². The normalized spacial score (nSPS) is 12.4. The Morgan fingerprint density at radius 3 is 1.90 bits per heavy atom. The standard InChI is InChI=1S/C42H37ClN10O17S5.O3S/c1-4-53(25-9-6-10-26(19-25)71(55,56)17-16-70-75(66,67)68)42-47-40(43)46-41(48-42)45-30-15-14-29(27-11-7-13-37(39(27)30)73(60,61)62)49-51-33-21-31(44-23(2)54)32(22-35(33)69-3)50-52-34-20-28-24(18-38(34)74(63,64)65)8-5-12-36(28)72(57,58)59;1-4(2)3/h5-15,18-22H,4,16-17H2,1-3H3,(H,44,54)(H,57,58,59)(H,60,61,62)(H,63,64,65)(H,66,67,68)(H,45,46,47,48);. The van der Waals surface area contributed by atoms with Gasteiger partial charge >= 0.3 is 21.0 Å². The summed E-state index contributed by atoms with van der Waals surface area (Å²) in [7, 11) is -25.8. The number of rotatable bonds is 19. The number of methoxy groups -OCH3 is 1. The number of anilines is 5. The average Bonchev–Trinajstić information content (AvgIpc) is 3.39. The number of azo groups is 2. The molecule has 1 heterocycles. The summed E-state index contributed by atoms with van der Waals surface area (Å²) in [6.45, 7) is 2.07. The van der Waals surface area contributed by atoms with Crippen LogP contribution in [0.4, 0.5) is 51.7 Å². The largest absolute Gasteiger partial charge is 0.494 e. The Morgan fingerprint density at radius 1 is 0.671 bits per heavy atom. The minimum atomic E-state index is -5.02. The number of carbonyl (C=O) groups excluding carboxylic acids is 1. The fourth-order valence-electron chi connectivity index (χ4n) is 7.21. The molecule has 30 nitrogen and oxygen atoms in total. The van der Waals surface area contributed by atoms with Gasteiger partial charge in [-0.1, -0.05) is 30.3 Å². The third kappa shape index (κ3) is 15.6. The number of carbonyl (C=O) groups is 1. The van der Waals surface area contributed by atoms with Crippen LogP contribution in [0.15, 0.2) is 137 Å². The number of hydrogen-bond donors (Lipinski definition) is 6. The summed E-state index contributed by atoms with van der Waals surface area (Å²) in [4.78, 5) is 24.3. The van der Waals surface area contributed by atoms with Crippen molar-refractivity contribution in [1.82, 2.24) is 15.0 Å². The fourth-order valence-corrected chi connectivity index (χ4v) is 11.0. The first kappa shape index (κ1) is 60.6. The Morgan fingerprint density at radius 2 is 1.28 bits per heavy atom. The Hall–Kier alpha value is -7.62. The molecule has 0 fully saturated rings. The number of halogens is 1. The summed E-state index contributed by atoms with van der Waals surface area (Å²) in [6, 6.07) is 19.9. The van der Waals surface area contributed by atoms with Crippen LogP contribution in [0.2, 0.25) is 5.28 Å². The first-order chi connectivity index (χ1) is 36.8. The Kier molecular flexibility index (Phi) is 18.5. The molecule has 7 aromatic rings. The molecule has 0 spiro atoms. The minimum absolute atomic E-state index is 0.00263. The highest BCUT2D eigenvalue weighted by Crippen LogP contribution is 2.43. The van der Waals surface area contributed by atoms with Gasteiger partial charge in [0.2, 0.25) is 23.1 Å². The van der Waals surface area contributed by atoms with Crippen molar-refractivity contribution in [2.75, 3.05) is 41.5 Å². The predicted octanol–water partition coefficient (Wildman–Crippen LogP) is 6.86. The van der Waals surface area contributed by atoms with Crippen LogP contribution in [0.25, 0.3) is 21.5 Å². The summed E-state index contributed by atoms with van der Waals surface area (Å²) in [5.74, 6) is -1.91. The maximum Gasteiger partial charge on any atom is 0.425 e. The quantitative estimate of drug-likeness (QED) is 0.0355. The smallest absolute Gasteiger partial charge is 0.425 e. The van der Waals surface area contributed by atoms with Gasteiger partial charge in [0.25, 0.3) is 30.4 Å². The fraction of sp³-hybridized carbons (Fsp3) is 0.143. The molecule has 0 atom stereocenters. The van der Waals surface area contributed by atoms with Gasteiger partial charge in [0.1, 0.15) is 37.5 Å². The van der Waals surface area contributed by atoms with E-state index in [2.05, 4.69) is 50.2 Å². The van der Waals surface area contributed by atoms with Gasteiger partial charge in [0.05, 0.1) is 41.4 Å². The van der Waals surface area contributed by atoms with Crippen LogP contribution in [-0.2, 0) is 70.2 Å². The number of nitrogens with one attached hydrogen (secondary N) is 2. The lowest BCUT2D eigenvalue weighted by molar-refractivity contribution is -0.114. The van der Waals surface area contributed by atoms with Crippen molar-refractivity contribution in [2.45, 2.75) is 33.4 Å². The molecule has 0 unspecified atom stereocenters. The molecule has 0 aliphatic rings. The van der Waals surface area contributed by atoms with E-state index < -0.39 is 99.8 Å². The zero-order valence-electron chi connectivity index (χ0n) is 40.1. The van der Waals surface area contributed by atoms with Crippen molar-refractivity contribution in [3.05, 3.63) is 102 Å². The van der Waals surface area contributed by atoms with Gasteiger partial charge in [-0.05, 0) is 84.6 Å². The molecule has 0 radical (unpaired) electrons. The van der Waals surface area contributed by atoms with Crippen LogP contribution >= 0.6 is 11.6 Å². The van der Waals surface area contributed by atoms with Crippen molar-refractivity contribution in [3.8, 4) is 5.75 Å². The van der Waals surface area contributed by atoms with E-state index in [1.165, 1.54) is 84.8 Å². The van der Waals surface area contributed by atoms with E-state index in [0.29, 0.717) is 0 Å². The number of ether oxygens (including phenoxy) is 1. The molecule has 37 heteroatoms. The molecule has 1 aromatic heterocycles. The maximum atomic E-state index is 13.0. The second-order valence-corrected chi connectivity index (χ2v) is 23.6. The monoisotopic (exact) mass is 1230 g/mol. The topological polar surface area (TPSA) is 454 Å². The molecule has 0 saturated heterocycles. The lowest BCUT2D eigenvalue weighted by atomic mass is 10.1. The number of sulfone groups is 1. The minimum Gasteiger partial charge on any atom is -0.494 e. The van der Waals surface area contributed by atoms with E-state index >= 15 is 0 Å². The average molecular weight is 1230 g/mol. The van der Waals surface area contributed by atoms with Crippen LogP contribution < -0.4 is 20.3 Å².